The molecule has 3 rings (SSSR count). The summed E-state index contributed by atoms with van der Waals surface area (Å²) in [6, 6.07) is 4.45. The summed E-state index contributed by atoms with van der Waals surface area (Å²) in [5.74, 6) is 0.182. The number of methoxy groups -OCH3 is 1. The molecule has 3 aromatic rings. The minimum atomic E-state index is -0.312. The largest absolute Gasteiger partial charge is 0.494 e. The van der Waals surface area contributed by atoms with Gasteiger partial charge in [0.25, 0.3) is 0 Å². The van der Waals surface area contributed by atoms with E-state index in [4.69, 9.17) is 4.74 Å². The highest BCUT2D eigenvalue weighted by molar-refractivity contribution is 7.15. The van der Waals surface area contributed by atoms with Crippen molar-refractivity contribution in [1.82, 2.24) is 9.38 Å². The zero-order chi connectivity index (χ0) is 14.1. The Balaban J connectivity index is 1.86. The summed E-state index contributed by atoms with van der Waals surface area (Å²) in [7, 11) is 1.53. The van der Waals surface area contributed by atoms with E-state index in [1.165, 1.54) is 19.2 Å². The second-order valence-electron chi connectivity index (χ2n) is 4.40. The lowest BCUT2D eigenvalue weighted by atomic mass is 10.2. The van der Waals surface area contributed by atoms with Gasteiger partial charge in [0, 0.05) is 17.6 Å². The molecule has 0 amide bonds. The third kappa shape index (κ3) is 2.22. The second-order valence-corrected chi connectivity index (χ2v) is 5.27. The molecular weight excluding hydrogens is 277 g/mol. The molecule has 20 heavy (non-hydrogen) atoms. The molecule has 0 aliphatic carbocycles. The molecule has 0 saturated carbocycles. The summed E-state index contributed by atoms with van der Waals surface area (Å²) >= 11 is 1.60. The van der Waals surface area contributed by atoms with E-state index >= 15 is 0 Å². The summed E-state index contributed by atoms with van der Waals surface area (Å²) in [6.07, 6.45) is 2.00. The van der Waals surface area contributed by atoms with Gasteiger partial charge in [0.1, 0.15) is 11.6 Å². The number of hydrogen-bond acceptors (Lipinski definition) is 4. The molecule has 1 aromatic carbocycles. The number of nitrogens with zero attached hydrogens (tertiary/aromatic N) is 2. The first-order valence-corrected chi connectivity index (χ1v) is 7.05. The molecule has 1 N–H and O–H groups in total. The van der Waals surface area contributed by atoms with Crippen LogP contribution in [0.3, 0.4) is 0 Å². The standard InChI is InChI=1S/C14H14FN3OS/c1-9-12(18-5-6-20-14(18)17-9)8-16-11-4-3-10(15)7-13(11)19-2/h3-7,16H,8H2,1-2H3. The third-order valence-electron chi connectivity index (χ3n) is 3.17. The van der Waals surface area contributed by atoms with Gasteiger partial charge >= 0.3 is 0 Å². The molecule has 0 saturated heterocycles. The van der Waals surface area contributed by atoms with Gasteiger partial charge < -0.3 is 10.1 Å². The topological polar surface area (TPSA) is 38.6 Å². The van der Waals surface area contributed by atoms with E-state index in [9.17, 15) is 4.39 Å². The van der Waals surface area contributed by atoms with Gasteiger partial charge in [-0.1, -0.05) is 0 Å². The number of aryl methyl sites for hydroxylation is 1. The fourth-order valence-electron chi connectivity index (χ4n) is 2.14. The molecule has 0 bridgehead atoms. The quantitative estimate of drug-likeness (QED) is 0.800. The average molecular weight is 291 g/mol. The van der Waals surface area contributed by atoms with Crippen LogP contribution in [0.25, 0.3) is 4.96 Å². The molecule has 0 fully saturated rings. The van der Waals surface area contributed by atoms with E-state index in [-0.39, 0.29) is 5.82 Å². The van der Waals surface area contributed by atoms with Crippen molar-refractivity contribution in [3.63, 3.8) is 0 Å². The van der Waals surface area contributed by atoms with Crippen LogP contribution in [-0.4, -0.2) is 16.5 Å². The van der Waals surface area contributed by atoms with Crippen LogP contribution in [0.15, 0.2) is 29.8 Å². The number of benzene rings is 1. The molecule has 0 spiro atoms. The maximum atomic E-state index is 13.2. The third-order valence-corrected chi connectivity index (χ3v) is 3.93. The number of thiazole rings is 1. The minimum absolute atomic E-state index is 0.312. The van der Waals surface area contributed by atoms with Gasteiger partial charge in [0.15, 0.2) is 4.96 Å². The van der Waals surface area contributed by atoms with E-state index in [2.05, 4.69) is 14.7 Å². The van der Waals surface area contributed by atoms with E-state index in [1.807, 2.05) is 18.5 Å². The van der Waals surface area contributed by atoms with Crippen LogP contribution < -0.4 is 10.1 Å². The molecular formula is C14H14FN3OS. The summed E-state index contributed by atoms with van der Waals surface area (Å²) in [4.78, 5) is 5.47. The monoisotopic (exact) mass is 291 g/mol. The number of hydrogen-bond donors (Lipinski definition) is 1. The Hall–Kier alpha value is -2.08. The maximum Gasteiger partial charge on any atom is 0.194 e. The molecule has 0 aliphatic heterocycles. The predicted molar refractivity (Wildman–Crippen MR) is 78.1 cm³/mol. The van der Waals surface area contributed by atoms with Crippen LogP contribution >= 0.6 is 11.3 Å². The molecule has 2 heterocycles. The Morgan fingerprint density at radius 3 is 3.10 bits per heavy atom. The van der Waals surface area contributed by atoms with Gasteiger partial charge in [-0.05, 0) is 19.1 Å². The normalized spacial score (nSPS) is 10.9. The fourth-order valence-corrected chi connectivity index (χ4v) is 2.92. The number of fused-ring (bicyclic) bond motifs is 1. The van der Waals surface area contributed by atoms with Gasteiger partial charge in [0.05, 0.1) is 30.7 Å². The van der Waals surface area contributed by atoms with Crippen molar-refractivity contribution < 1.29 is 9.13 Å². The Kier molecular flexibility index (Phi) is 3.31. The zero-order valence-electron chi connectivity index (χ0n) is 11.2. The Morgan fingerprint density at radius 2 is 2.30 bits per heavy atom. The lowest BCUT2D eigenvalue weighted by Gasteiger charge is -2.11. The van der Waals surface area contributed by atoms with Crippen molar-refractivity contribution in [2.24, 2.45) is 0 Å². The predicted octanol–water partition coefficient (Wildman–Crippen LogP) is 3.46. The van der Waals surface area contributed by atoms with E-state index in [1.54, 1.807) is 17.4 Å². The first kappa shape index (κ1) is 12.9. The van der Waals surface area contributed by atoms with Crippen molar-refractivity contribution in [1.29, 1.82) is 0 Å². The van der Waals surface area contributed by atoms with Crippen molar-refractivity contribution in [3.8, 4) is 5.75 Å². The SMILES string of the molecule is COc1cc(F)ccc1NCc1c(C)nc2sccn12. The molecule has 4 nitrogen and oxygen atoms in total. The number of halogens is 1. The number of ether oxygens (including phenoxy) is 1. The second kappa shape index (κ2) is 5.13. The zero-order valence-corrected chi connectivity index (χ0v) is 12.0. The molecule has 0 aliphatic rings. The van der Waals surface area contributed by atoms with Gasteiger partial charge in [-0.2, -0.15) is 0 Å². The summed E-state index contributed by atoms with van der Waals surface area (Å²) < 4.78 is 20.4. The highest BCUT2D eigenvalue weighted by atomic mass is 32.1. The fraction of sp³-hybridized carbons (Fsp3) is 0.214. The molecule has 0 atom stereocenters. The smallest absolute Gasteiger partial charge is 0.194 e. The Labute approximate surface area is 119 Å². The van der Waals surface area contributed by atoms with Gasteiger partial charge in [-0.15, -0.1) is 11.3 Å². The van der Waals surface area contributed by atoms with Crippen molar-refractivity contribution in [2.75, 3.05) is 12.4 Å². The number of anilines is 1. The lowest BCUT2D eigenvalue weighted by Crippen LogP contribution is -2.05. The van der Waals surface area contributed by atoms with Crippen molar-refractivity contribution >= 4 is 22.0 Å². The number of rotatable bonds is 4. The highest BCUT2D eigenvalue weighted by Gasteiger charge is 2.10. The van der Waals surface area contributed by atoms with E-state index in [0.29, 0.717) is 12.3 Å². The molecule has 0 unspecified atom stereocenters. The van der Waals surface area contributed by atoms with Crippen LogP contribution in [0, 0.1) is 12.7 Å². The maximum absolute atomic E-state index is 13.2. The molecule has 104 valence electrons. The van der Waals surface area contributed by atoms with E-state index < -0.39 is 0 Å². The van der Waals surface area contributed by atoms with Crippen LogP contribution in [0.4, 0.5) is 10.1 Å². The Morgan fingerprint density at radius 1 is 1.45 bits per heavy atom. The van der Waals surface area contributed by atoms with Crippen LogP contribution in [0.5, 0.6) is 5.75 Å². The lowest BCUT2D eigenvalue weighted by molar-refractivity contribution is 0.413. The molecule has 6 heteroatoms. The number of imidazole rings is 1. The van der Waals surface area contributed by atoms with Crippen LogP contribution in [0.1, 0.15) is 11.4 Å². The molecule has 0 radical (unpaired) electrons. The molecule has 2 aromatic heterocycles. The first-order valence-electron chi connectivity index (χ1n) is 6.17. The summed E-state index contributed by atoms with van der Waals surface area (Å²) in [5, 5.41) is 5.27. The van der Waals surface area contributed by atoms with Gasteiger partial charge in [-0.25, -0.2) is 9.37 Å². The first-order chi connectivity index (χ1) is 9.69. The average Bonchev–Trinajstić information content (AvgIpc) is 2.98. The highest BCUT2D eigenvalue weighted by Crippen LogP contribution is 2.26. The summed E-state index contributed by atoms with van der Waals surface area (Å²) in [5.41, 5.74) is 2.84. The van der Waals surface area contributed by atoms with Gasteiger partial charge in [-0.3, -0.25) is 4.40 Å². The van der Waals surface area contributed by atoms with E-state index in [0.717, 1.165) is 22.0 Å². The van der Waals surface area contributed by atoms with Crippen LogP contribution in [-0.2, 0) is 6.54 Å². The van der Waals surface area contributed by atoms with Crippen molar-refractivity contribution in [3.05, 3.63) is 47.0 Å². The summed E-state index contributed by atoms with van der Waals surface area (Å²) in [6.45, 7) is 2.59. The van der Waals surface area contributed by atoms with Gasteiger partial charge in [0.2, 0.25) is 0 Å². The Bertz CT molecular complexity index is 750. The minimum Gasteiger partial charge on any atom is -0.494 e. The van der Waals surface area contributed by atoms with Crippen LogP contribution in [0.2, 0.25) is 0 Å². The van der Waals surface area contributed by atoms with Crippen molar-refractivity contribution in [2.45, 2.75) is 13.5 Å². The number of aromatic nitrogens is 2. The number of nitrogens with one attached hydrogen (secondary N) is 1.